The van der Waals surface area contributed by atoms with E-state index in [9.17, 15) is 14.7 Å². The number of rotatable bonds is 6. The number of nitrogens with zero attached hydrogens (tertiary/aromatic N) is 3. The molecule has 2 aromatic rings. The Morgan fingerprint density at radius 2 is 2.08 bits per heavy atom. The van der Waals surface area contributed by atoms with Gasteiger partial charge in [-0.05, 0) is 37.1 Å². The first-order chi connectivity index (χ1) is 12.6. The van der Waals surface area contributed by atoms with E-state index in [0.29, 0.717) is 19.5 Å². The Labute approximate surface area is 153 Å². The number of pyridine rings is 1. The van der Waals surface area contributed by atoms with Crippen LogP contribution >= 0.6 is 0 Å². The van der Waals surface area contributed by atoms with Crippen molar-refractivity contribution in [1.29, 1.82) is 0 Å². The maximum absolute atomic E-state index is 12.9. The first-order valence-corrected chi connectivity index (χ1v) is 8.76. The zero-order valence-corrected chi connectivity index (χ0v) is 14.8. The lowest BCUT2D eigenvalue weighted by Gasteiger charge is -2.24. The summed E-state index contributed by atoms with van der Waals surface area (Å²) in [4.78, 5) is 33.0. The number of amides is 2. The van der Waals surface area contributed by atoms with Crippen LogP contribution in [-0.4, -0.2) is 46.5 Å². The second kappa shape index (κ2) is 8.10. The maximum Gasteiger partial charge on any atom is 0.239 e. The quantitative estimate of drug-likeness (QED) is 0.803. The highest BCUT2D eigenvalue weighted by atomic mass is 16.3. The Balaban J connectivity index is 1.73. The summed E-state index contributed by atoms with van der Waals surface area (Å²) in [5.41, 5.74) is 2.81. The number of carbonyl (C=O) groups is 2. The molecule has 0 spiro atoms. The fourth-order valence-corrected chi connectivity index (χ4v) is 3.21. The normalized spacial score (nSPS) is 16.8. The molecule has 0 radical (unpaired) electrons. The molecule has 1 aliphatic heterocycles. The summed E-state index contributed by atoms with van der Waals surface area (Å²) in [6.45, 7) is 2.91. The van der Waals surface area contributed by atoms with Crippen LogP contribution < -0.4 is 4.90 Å². The minimum absolute atomic E-state index is 0.144. The van der Waals surface area contributed by atoms with Crippen LogP contribution in [0.4, 0.5) is 5.69 Å². The Hall–Kier alpha value is -2.73. The van der Waals surface area contributed by atoms with Crippen molar-refractivity contribution in [1.82, 2.24) is 9.88 Å². The molecule has 2 heterocycles. The van der Waals surface area contributed by atoms with E-state index in [1.54, 1.807) is 23.4 Å². The molecular weight excluding hydrogens is 330 g/mol. The van der Waals surface area contributed by atoms with Gasteiger partial charge in [0.15, 0.2) is 0 Å². The van der Waals surface area contributed by atoms with E-state index in [-0.39, 0.29) is 25.0 Å². The van der Waals surface area contributed by atoms with Crippen molar-refractivity contribution in [3.05, 3.63) is 59.9 Å². The van der Waals surface area contributed by atoms with Gasteiger partial charge in [-0.3, -0.25) is 14.6 Å². The molecule has 1 atom stereocenters. The Morgan fingerprint density at radius 3 is 2.73 bits per heavy atom. The van der Waals surface area contributed by atoms with Crippen LogP contribution in [0.5, 0.6) is 0 Å². The molecule has 1 saturated heterocycles. The summed E-state index contributed by atoms with van der Waals surface area (Å²) in [5, 5.41) is 9.32. The highest BCUT2D eigenvalue weighted by Gasteiger charge is 2.39. The van der Waals surface area contributed by atoms with E-state index >= 15 is 0 Å². The van der Waals surface area contributed by atoms with Gasteiger partial charge in [-0.25, -0.2) is 0 Å². The lowest BCUT2D eigenvalue weighted by atomic mass is 10.1. The van der Waals surface area contributed by atoms with Crippen LogP contribution in [0.1, 0.15) is 17.5 Å². The number of aliphatic hydroxyl groups is 1. The number of aromatic nitrogens is 1. The lowest BCUT2D eigenvalue weighted by Crippen LogP contribution is -2.41. The summed E-state index contributed by atoms with van der Waals surface area (Å²) in [6.07, 6.45) is 3.84. The number of hydrogen-bond acceptors (Lipinski definition) is 4. The van der Waals surface area contributed by atoms with Gasteiger partial charge in [0.05, 0.1) is 6.61 Å². The second-order valence-corrected chi connectivity index (χ2v) is 6.51. The molecule has 0 saturated carbocycles. The molecule has 2 amide bonds. The lowest BCUT2D eigenvalue weighted by molar-refractivity contribution is -0.140. The maximum atomic E-state index is 12.9. The van der Waals surface area contributed by atoms with Crippen molar-refractivity contribution in [2.75, 3.05) is 24.6 Å². The number of anilines is 1. The molecule has 1 fully saturated rings. The van der Waals surface area contributed by atoms with Crippen molar-refractivity contribution >= 4 is 17.5 Å². The van der Waals surface area contributed by atoms with Gasteiger partial charge in [-0.2, -0.15) is 0 Å². The molecule has 1 unspecified atom stereocenters. The summed E-state index contributed by atoms with van der Waals surface area (Å²) >= 11 is 0. The van der Waals surface area contributed by atoms with Crippen molar-refractivity contribution < 1.29 is 14.7 Å². The number of aliphatic hydroxyl groups excluding tert-OH is 1. The molecule has 3 rings (SSSR count). The zero-order chi connectivity index (χ0) is 18.5. The van der Waals surface area contributed by atoms with Gasteiger partial charge in [0.25, 0.3) is 0 Å². The van der Waals surface area contributed by atoms with Gasteiger partial charge in [-0.1, -0.05) is 23.8 Å². The largest absolute Gasteiger partial charge is 0.395 e. The molecule has 6 nitrogen and oxygen atoms in total. The van der Waals surface area contributed by atoms with Crippen molar-refractivity contribution in [2.24, 2.45) is 5.92 Å². The minimum Gasteiger partial charge on any atom is -0.395 e. The van der Waals surface area contributed by atoms with Gasteiger partial charge >= 0.3 is 0 Å². The third-order valence-electron chi connectivity index (χ3n) is 4.63. The molecule has 136 valence electrons. The zero-order valence-electron chi connectivity index (χ0n) is 14.8. The van der Waals surface area contributed by atoms with Gasteiger partial charge in [0, 0.05) is 37.7 Å². The van der Waals surface area contributed by atoms with Crippen LogP contribution in [0.2, 0.25) is 0 Å². The Morgan fingerprint density at radius 1 is 1.31 bits per heavy atom. The fourth-order valence-electron chi connectivity index (χ4n) is 3.21. The molecule has 1 N–H and O–H groups in total. The van der Waals surface area contributed by atoms with E-state index in [4.69, 9.17) is 0 Å². The molecule has 0 aliphatic carbocycles. The molecule has 26 heavy (non-hydrogen) atoms. The average molecular weight is 353 g/mol. The first-order valence-electron chi connectivity index (χ1n) is 8.76. The smallest absolute Gasteiger partial charge is 0.239 e. The number of hydrogen-bond donors (Lipinski definition) is 1. The Kier molecular flexibility index (Phi) is 5.63. The Bertz CT molecular complexity index is 762. The third-order valence-corrected chi connectivity index (χ3v) is 4.63. The molecule has 1 aromatic carbocycles. The average Bonchev–Trinajstić information content (AvgIpc) is 3.04. The molecular formula is C20H23N3O3. The van der Waals surface area contributed by atoms with Gasteiger partial charge in [0.1, 0.15) is 5.92 Å². The molecule has 1 aliphatic rings. The third kappa shape index (κ3) is 3.91. The number of benzene rings is 1. The van der Waals surface area contributed by atoms with E-state index in [2.05, 4.69) is 4.98 Å². The standard InChI is InChI=1S/C20H23N3O3/c1-15-4-6-17(7-5-15)23-10-8-18(20(23)26)19(25)22(11-12-24)14-16-3-2-9-21-13-16/h2-7,9,13,18,24H,8,10-12,14H2,1H3. The minimum atomic E-state index is -0.695. The molecule has 6 heteroatoms. The van der Waals surface area contributed by atoms with Gasteiger partial charge < -0.3 is 14.9 Å². The molecule has 1 aromatic heterocycles. The van der Waals surface area contributed by atoms with E-state index in [0.717, 1.165) is 16.8 Å². The summed E-state index contributed by atoms with van der Waals surface area (Å²) in [5.74, 6) is -1.10. The van der Waals surface area contributed by atoms with Gasteiger partial charge in [-0.15, -0.1) is 0 Å². The predicted octanol–water partition coefficient (Wildman–Crippen LogP) is 1.76. The van der Waals surface area contributed by atoms with Crippen molar-refractivity contribution in [3.63, 3.8) is 0 Å². The number of carbonyl (C=O) groups excluding carboxylic acids is 2. The first kappa shape index (κ1) is 18.1. The van der Waals surface area contributed by atoms with E-state index in [1.807, 2.05) is 37.3 Å². The highest BCUT2D eigenvalue weighted by Crippen LogP contribution is 2.27. The van der Waals surface area contributed by atoms with Crippen LogP contribution in [0.3, 0.4) is 0 Å². The van der Waals surface area contributed by atoms with Gasteiger partial charge in [0.2, 0.25) is 11.8 Å². The summed E-state index contributed by atoms with van der Waals surface area (Å²) in [7, 11) is 0. The number of aryl methyl sites for hydroxylation is 1. The summed E-state index contributed by atoms with van der Waals surface area (Å²) < 4.78 is 0. The molecule has 0 bridgehead atoms. The fraction of sp³-hybridized carbons (Fsp3) is 0.350. The van der Waals surface area contributed by atoms with Crippen LogP contribution in [0, 0.1) is 12.8 Å². The van der Waals surface area contributed by atoms with E-state index < -0.39 is 5.92 Å². The highest BCUT2D eigenvalue weighted by molar-refractivity contribution is 6.09. The SMILES string of the molecule is Cc1ccc(N2CCC(C(=O)N(CCO)Cc3cccnc3)C2=O)cc1. The topological polar surface area (TPSA) is 73.7 Å². The predicted molar refractivity (Wildman–Crippen MR) is 98.4 cm³/mol. The van der Waals surface area contributed by atoms with E-state index in [1.165, 1.54) is 4.90 Å². The van der Waals surface area contributed by atoms with Crippen molar-refractivity contribution in [3.8, 4) is 0 Å². The van der Waals surface area contributed by atoms with Crippen LogP contribution in [-0.2, 0) is 16.1 Å². The second-order valence-electron chi connectivity index (χ2n) is 6.51. The van der Waals surface area contributed by atoms with Crippen LogP contribution in [0.25, 0.3) is 0 Å². The monoisotopic (exact) mass is 353 g/mol. The van der Waals surface area contributed by atoms with Crippen molar-refractivity contribution in [2.45, 2.75) is 19.9 Å². The summed E-state index contributed by atoms with van der Waals surface area (Å²) in [6, 6.07) is 11.4. The van der Waals surface area contributed by atoms with Crippen LogP contribution in [0.15, 0.2) is 48.8 Å².